The van der Waals surface area contributed by atoms with Crippen molar-refractivity contribution >= 4 is 34.8 Å². The minimum absolute atomic E-state index is 0.166. The second-order valence-electron chi connectivity index (χ2n) is 11.3. The van der Waals surface area contributed by atoms with Crippen molar-refractivity contribution in [2.75, 3.05) is 60.9 Å². The van der Waals surface area contributed by atoms with E-state index in [2.05, 4.69) is 30.5 Å². The van der Waals surface area contributed by atoms with Gasteiger partial charge in [0.25, 0.3) is 17.4 Å². The van der Waals surface area contributed by atoms with Gasteiger partial charge >= 0.3 is 0 Å². The molecule has 2 N–H and O–H groups in total. The first-order chi connectivity index (χ1) is 20.9. The third-order valence-corrected chi connectivity index (χ3v) is 8.19. The maximum atomic E-state index is 13.2. The minimum Gasteiger partial charge on any atom is -0.448 e. The van der Waals surface area contributed by atoms with Crippen molar-refractivity contribution < 1.29 is 18.8 Å². The molecule has 1 aliphatic carbocycles. The second kappa shape index (κ2) is 12.3. The summed E-state index contributed by atoms with van der Waals surface area (Å²) in [7, 11) is 1.62. The molecule has 226 valence electrons. The number of rotatable bonds is 10. The van der Waals surface area contributed by atoms with Crippen LogP contribution in [-0.4, -0.2) is 83.2 Å². The van der Waals surface area contributed by atoms with E-state index in [0.29, 0.717) is 69.3 Å². The molecule has 1 aromatic carbocycles. The number of oxazole rings is 1. The van der Waals surface area contributed by atoms with Crippen LogP contribution in [0.15, 0.2) is 45.9 Å². The number of hydrogen-bond acceptors (Lipinski definition) is 9. The number of anilines is 3. The zero-order valence-electron chi connectivity index (χ0n) is 24.3. The molecule has 3 fully saturated rings. The number of likely N-dealkylation sites (tertiary alicyclic amines) is 1. The lowest BCUT2D eigenvalue weighted by Crippen LogP contribution is -2.47. The molecule has 0 spiro atoms. The number of aromatic nitrogens is 3. The smallest absolute Gasteiger partial charge is 0.277 e. The first-order valence-electron chi connectivity index (χ1n) is 14.9. The molecule has 3 aliphatic rings. The molecule has 0 atom stereocenters. The molecule has 2 saturated heterocycles. The molecule has 0 bridgehead atoms. The highest BCUT2D eigenvalue weighted by Crippen LogP contribution is 2.39. The van der Waals surface area contributed by atoms with E-state index in [0.717, 1.165) is 37.2 Å². The summed E-state index contributed by atoms with van der Waals surface area (Å²) in [5.41, 5.74) is 2.50. The summed E-state index contributed by atoms with van der Waals surface area (Å²) in [4.78, 5) is 60.6. The van der Waals surface area contributed by atoms with Crippen LogP contribution in [0.3, 0.4) is 0 Å². The normalized spacial score (nSPS) is 17.0. The van der Waals surface area contributed by atoms with Crippen molar-refractivity contribution in [1.82, 2.24) is 25.0 Å². The van der Waals surface area contributed by atoms with Gasteiger partial charge in [-0.15, -0.1) is 0 Å². The molecule has 2 aromatic heterocycles. The van der Waals surface area contributed by atoms with Crippen molar-refractivity contribution in [1.29, 1.82) is 0 Å². The van der Waals surface area contributed by atoms with Gasteiger partial charge in [-0.1, -0.05) is 0 Å². The SMILES string of the molecule is Cn1ncc(N2CCN(c3ccc(C(=O)NCCCN4CCCC4=O)cc3NC(=O)c3coc(C4CC4)n3)CC2)cc1=O. The van der Waals surface area contributed by atoms with Crippen molar-refractivity contribution in [3.63, 3.8) is 0 Å². The average molecular weight is 589 g/mol. The highest BCUT2D eigenvalue weighted by Gasteiger charge is 2.30. The molecule has 13 heteroatoms. The van der Waals surface area contributed by atoms with Crippen LogP contribution in [0.4, 0.5) is 17.1 Å². The van der Waals surface area contributed by atoms with Crippen LogP contribution in [0.25, 0.3) is 0 Å². The summed E-state index contributed by atoms with van der Waals surface area (Å²) in [6.07, 6.45) is 7.24. The van der Waals surface area contributed by atoms with Crippen molar-refractivity contribution in [3.8, 4) is 0 Å². The standard InChI is InChI=1S/C30H36N8O5/c1-35-27(40)17-22(18-32-35)36-12-14-37(15-13-36)25-8-7-21(28(41)31-9-3-11-38-10-2-4-26(38)39)16-23(25)33-29(42)24-19-43-30(34-24)20-5-6-20/h7-8,16-20H,2-6,9-15H2,1H3,(H,31,41)(H,33,42). The summed E-state index contributed by atoms with van der Waals surface area (Å²) < 4.78 is 6.81. The molecular weight excluding hydrogens is 552 g/mol. The summed E-state index contributed by atoms with van der Waals surface area (Å²) >= 11 is 0. The molecule has 1 saturated carbocycles. The van der Waals surface area contributed by atoms with E-state index in [1.54, 1.807) is 31.4 Å². The summed E-state index contributed by atoms with van der Waals surface area (Å²) in [5.74, 6) is 0.369. The second-order valence-corrected chi connectivity index (χ2v) is 11.3. The predicted octanol–water partition coefficient (Wildman–Crippen LogP) is 1.97. The Kier molecular flexibility index (Phi) is 8.12. The van der Waals surface area contributed by atoms with E-state index in [-0.39, 0.29) is 29.0 Å². The van der Waals surface area contributed by atoms with E-state index < -0.39 is 5.91 Å². The van der Waals surface area contributed by atoms with E-state index in [4.69, 9.17) is 4.42 Å². The minimum atomic E-state index is -0.408. The summed E-state index contributed by atoms with van der Waals surface area (Å²) in [5, 5.41) is 10.0. The molecule has 0 radical (unpaired) electrons. The van der Waals surface area contributed by atoms with Crippen LogP contribution in [0, 0.1) is 0 Å². The summed E-state index contributed by atoms with van der Waals surface area (Å²) in [6.45, 7) is 4.41. The van der Waals surface area contributed by atoms with E-state index >= 15 is 0 Å². The van der Waals surface area contributed by atoms with Crippen molar-refractivity contribution in [3.05, 3.63) is 64.2 Å². The molecular formula is C30H36N8O5. The third-order valence-electron chi connectivity index (χ3n) is 8.19. The lowest BCUT2D eigenvalue weighted by atomic mass is 10.1. The fraction of sp³-hybridized carbons (Fsp3) is 0.467. The number of nitrogens with one attached hydrogen (secondary N) is 2. The topological polar surface area (TPSA) is 146 Å². The number of hydrogen-bond donors (Lipinski definition) is 2. The largest absolute Gasteiger partial charge is 0.448 e. The Hall–Kier alpha value is -4.68. The average Bonchev–Trinajstić information content (AvgIpc) is 3.60. The van der Waals surface area contributed by atoms with Crippen LogP contribution in [-0.2, 0) is 11.8 Å². The maximum absolute atomic E-state index is 13.2. The Labute approximate surface area is 248 Å². The van der Waals surface area contributed by atoms with Crippen LogP contribution in [0.5, 0.6) is 0 Å². The predicted molar refractivity (Wildman–Crippen MR) is 160 cm³/mol. The molecule has 6 rings (SSSR count). The Balaban J connectivity index is 1.15. The van der Waals surface area contributed by atoms with Gasteiger partial charge in [0, 0.05) is 76.8 Å². The van der Waals surface area contributed by atoms with Gasteiger partial charge in [-0.05, 0) is 43.9 Å². The van der Waals surface area contributed by atoms with Crippen molar-refractivity contribution in [2.45, 2.75) is 38.0 Å². The van der Waals surface area contributed by atoms with E-state index in [1.165, 1.54) is 10.9 Å². The maximum Gasteiger partial charge on any atom is 0.277 e. The number of benzene rings is 1. The highest BCUT2D eigenvalue weighted by molar-refractivity contribution is 6.06. The fourth-order valence-electron chi connectivity index (χ4n) is 5.50. The quantitative estimate of drug-likeness (QED) is 0.340. The molecule has 3 aromatic rings. The molecule has 4 heterocycles. The van der Waals surface area contributed by atoms with Gasteiger partial charge in [0.1, 0.15) is 6.26 Å². The monoisotopic (exact) mass is 588 g/mol. The number of carbonyl (C=O) groups excluding carboxylic acids is 3. The lowest BCUT2D eigenvalue weighted by Gasteiger charge is -2.38. The first kappa shape index (κ1) is 28.4. The Morgan fingerprint density at radius 3 is 2.53 bits per heavy atom. The van der Waals surface area contributed by atoms with Gasteiger partial charge in [0.05, 0.1) is 23.3 Å². The van der Waals surface area contributed by atoms with E-state index in [9.17, 15) is 19.2 Å². The lowest BCUT2D eigenvalue weighted by molar-refractivity contribution is -0.127. The molecule has 2 aliphatic heterocycles. The fourth-order valence-corrected chi connectivity index (χ4v) is 5.50. The van der Waals surface area contributed by atoms with Gasteiger partial charge < -0.3 is 29.8 Å². The number of amides is 3. The van der Waals surface area contributed by atoms with Crippen LogP contribution in [0.1, 0.15) is 64.8 Å². The third kappa shape index (κ3) is 6.55. The van der Waals surface area contributed by atoms with Gasteiger partial charge in [0.15, 0.2) is 11.6 Å². The van der Waals surface area contributed by atoms with Gasteiger partial charge in [-0.25, -0.2) is 9.67 Å². The Morgan fingerprint density at radius 2 is 1.81 bits per heavy atom. The zero-order valence-corrected chi connectivity index (χ0v) is 24.3. The van der Waals surface area contributed by atoms with E-state index in [1.807, 2.05) is 11.0 Å². The molecule has 0 unspecified atom stereocenters. The van der Waals surface area contributed by atoms with Crippen molar-refractivity contribution in [2.24, 2.45) is 7.05 Å². The Bertz CT molecular complexity index is 1570. The molecule has 3 amide bonds. The molecule has 43 heavy (non-hydrogen) atoms. The van der Waals surface area contributed by atoms with Gasteiger partial charge in [-0.2, -0.15) is 5.10 Å². The number of aryl methyl sites for hydroxylation is 1. The van der Waals surface area contributed by atoms with Crippen LogP contribution >= 0.6 is 0 Å². The highest BCUT2D eigenvalue weighted by atomic mass is 16.3. The zero-order chi connectivity index (χ0) is 29.9. The van der Waals surface area contributed by atoms with Gasteiger partial charge in [-0.3, -0.25) is 19.2 Å². The number of carbonyl (C=O) groups is 3. The number of nitrogens with zero attached hydrogens (tertiary/aromatic N) is 6. The summed E-state index contributed by atoms with van der Waals surface area (Å²) in [6, 6.07) is 6.87. The first-order valence-corrected chi connectivity index (χ1v) is 14.9. The van der Waals surface area contributed by atoms with Crippen LogP contribution < -0.4 is 26.0 Å². The Morgan fingerprint density at radius 1 is 1.02 bits per heavy atom. The molecule has 13 nitrogen and oxygen atoms in total. The van der Waals surface area contributed by atoms with Gasteiger partial charge in [0.2, 0.25) is 5.91 Å². The van der Waals surface area contributed by atoms with Crippen LogP contribution in [0.2, 0.25) is 0 Å². The number of piperazine rings is 1.